The topological polar surface area (TPSA) is 85.2 Å². The molecule has 30 heavy (non-hydrogen) atoms. The number of aromatic hydroxyl groups is 2. The molecule has 0 aromatic heterocycles. The second-order valence-electron chi connectivity index (χ2n) is 6.67. The van der Waals surface area contributed by atoms with Crippen molar-refractivity contribution in [3.8, 4) is 63.3 Å². The predicted octanol–water partition coefficient (Wildman–Crippen LogP) is 4.03. The smallest absolute Gasteiger partial charge is 0.192 e. The summed E-state index contributed by atoms with van der Waals surface area (Å²) >= 11 is 0. The summed E-state index contributed by atoms with van der Waals surface area (Å²) in [4.78, 5) is 11.9. The minimum absolute atomic E-state index is 0.0979. The van der Waals surface area contributed by atoms with Gasteiger partial charge in [0.2, 0.25) is 0 Å². The number of ether oxygens (including phenoxy) is 3. The molecule has 3 aromatic carbocycles. The minimum Gasteiger partial charge on any atom is -0.508 e. The third kappa shape index (κ3) is 3.27. The number of phenols is 2. The highest BCUT2D eigenvalue weighted by Gasteiger charge is 2.24. The number of fused-ring (bicyclic) bond motifs is 1. The molecule has 150 valence electrons. The van der Waals surface area contributed by atoms with Crippen LogP contribution in [0.5, 0.6) is 28.7 Å². The first-order valence-electron chi connectivity index (χ1n) is 9.14. The van der Waals surface area contributed by atoms with Gasteiger partial charge in [0, 0.05) is 0 Å². The summed E-state index contributed by atoms with van der Waals surface area (Å²) in [6.45, 7) is 0.258. The Morgan fingerprint density at radius 3 is 2.50 bits per heavy atom. The van der Waals surface area contributed by atoms with Crippen LogP contribution in [-0.4, -0.2) is 36.3 Å². The van der Waals surface area contributed by atoms with E-state index in [9.17, 15) is 15.0 Å². The molecule has 1 heterocycles. The van der Waals surface area contributed by atoms with Crippen LogP contribution in [0.2, 0.25) is 0 Å². The van der Waals surface area contributed by atoms with Crippen LogP contribution in [0.3, 0.4) is 0 Å². The molecule has 0 fully saturated rings. The van der Waals surface area contributed by atoms with E-state index >= 15 is 0 Å². The largest absolute Gasteiger partial charge is 0.508 e. The lowest BCUT2D eigenvalue weighted by Crippen LogP contribution is -2.27. The van der Waals surface area contributed by atoms with Gasteiger partial charge in [-0.3, -0.25) is 4.79 Å². The maximum Gasteiger partial charge on any atom is 0.192 e. The number of hydrogen-bond acceptors (Lipinski definition) is 6. The second-order valence-corrected chi connectivity index (χ2v) is 6.67. The van der Waals surface area contributed by atoms with Gasteiger partial charge in [0.15, 0.2) is 23.9 Å². The number of rotatable bonds is 4. The van der Waals surface area contributed by atoms with Crippen molar-refractivity contribution in [2.45, 2.75) is 6.10 Å². The zero-order valence-corrected chi connectivity index (χ0v) is 16.1. The molecule has 4 rings (SSSR count). The van der Waals surface area contributed by atoms with E-state index < -0.39 is 6.10 Å². The molecule has 1 aliphatic rings. The van der Waals surface area contributed by atoms with Crippen molar-refractivity contribution in [3.05, 3.63) is 54.1 Å². The van der Waals surface area contributed by atoms with Crippen LogP contribution in [0.4, 0.5) is 0 Å². The standard InChI is InChI=1S/C24H18O6/c1-3-17-13-29-20-9-6-15(10-21(20)30-17)23-22(28-2)11-18(19(12-25)24(23)27)14-4-7-16(26)8-5-14/h1,4-12,17,26-27H,13H2,2H3. The van der Waals surface area contributed by atoms with E-state index in [0.717, 1.165) is 0 Å². The van der Waals surface area contributed by atoms with Crippen LogP contribution in [-0.2, 0) is 0 Å². The van der Waals surface area contributed by atoms with Gasteiger partial charge in [0.05, 0.1) is 18.2 Å². The Hall–Kier alpha value is -4.11. The lowest BCUT2D eigenvalue weighted by Gasteiger charge is -2.24. The van der Waals surface area contributed by atoms with Crippen LogP contribution >= 0.6 is 0 Å². The van der Waals surface area contributed by atoms with E-state index in [1.807, 2.05) is 0 Å². The fourth-order valence-corrected chi connectivity index (χ4v) is 3.41. The number of terminal acetylenes is 1. The number of aldehydes is 1. The molecule has 6 heteroatoms. The monoisotopic (exact) mass is 402 g/mol. The molecular weight excluding hydrogens is 384 g/mol. The van der Waals surface area contributed by atoms with Gasteiger partial charge in [-0.1, -0.05) is 24.1 Å². The van der Waals surface area contributed by atoms with Gasteiger partial charge in [0.25, 0.3) is 0 Å². The van der Waals surface area contributed by atoms with Crippen molar-refractivity contribution in [2.75, 3.05) is 13.7 Å². The highest BCUT2D eigenvalue weighted by atomic mass is 16.6. The quantitative estimate of drug-likeness (QED) is 0.506. The second kappa shape index (κ2) is 7.72. The minimum atomic E-state index is -0.509. The molecule has 3 aromatic rings. The van der Waals surface area contributed by atoms with E-state index in [1.165, 1.54) is 19.2 Å². The van der Waals surface area contributed by atoms with Crippen molar-refractivity contribution in [3.63, 3.8) is 0 Å². The summed E-state index contributed by atoms with van der Waals surface area (Å²) in [6, 6.07) is 13.1. The first-order chi connectivity index (χ1) is 14.5. The first kappa shape index (κ1) is 19.2. The van der Waals surface area contributed by atoms with Gasteiger partial charge in [0.1, 0.15) is 23.9 Å². The molecule has 0 radical (unpaired) electrons. The molecule has 1 atom stereocenters. The van der Waals surface area contributed by atoms with Gasteiger partial charge >= 0.3 is 0 Å². The van der Waals surface area contributed by atoms with Gasteiger partial charge in [-0.05, 0) is 47.0 Å². The molecule has 1 unspecified atom stereocenters. The molecule has 0 bridgehead atoms. The Balaban J connectivity index is 1.88. The van der Waals surface area contributed by atoms with Crippen molar-refractivity contribution in [1.82, 2.24) is 0 Å². The van der Waals surface area contributed by atoms with Crippen LogP contribution in [0, 0.1) is 12.3 Å². The molecule has 0 aliphatic carbocycles. The highest BCUT2D eigenvalue weighted by Crippen LogP contribution is 2.46. The molecule has 0 saturated carbocycles. The lowest BCUT2D eigenvalue weighted by atomic mass is 9.93. The number of benzene rings is 3. The average Bonchev–Trinajstić information content (AvgIpc) is 2.78. The molecule has 0 amide bonds. The molecular formula is C24H18O6. The first-order valence-corrected chi connectivity index (χ1v) is 9.14. The summed E-state index contributed by atoms with van der Waals surface area (Å²) in [7, 11) is 1.48. The zero-order chi connectivity index (χ0) is 21.3. The Morgan fingerprint density at radius 1 is 1.10 bits per heavy atom. The molecule has 0 saturated heterocycles. The van der Waals surface area contributed by atoms with Crippen LogP contribution in [0.1, 0.15) is 10.4 Å². The van der Waals surface area contributed by atoms with Crippen LogP contribution in [0.25, 0.3) is 22.3 Å². The van der Waals surface area contributed by atoms with Crippen molar-refractivity contribution >= 4 is 6.29 Å². The van der Waals surface area contributed by atoms with E-state index in [2.05, 4.69) is 5.92 Å². The maximum atomic E-state index is 11.9. The Morgan fingerprint density at radius 2 is 1.83 bits per heavy atom. The number of methoxy groups -OCH3 is 1. The van der Waals surface area contributed by atoms with E-state index in [4.69, 9.17) is 20.6 Å². The van der Waals surface area contributed by atoms with Crippen LogP contribution in [0.15, 0.2) is 48.5 Å². The normalized spacial score (nSPS) is 14.6. The highest BCUT2D eigenvalue weighted by molar-refractivity contribution is 5.97. The number of hydrogen-bond donors (Lipinski definition) is 2. The zero-order valence-electron chi connectivity index (χ0n) is 16.1. The van der Waals surface area contributed by atoms with Crippen LogP contribution < -0.4 is 14.2 Å². The lowest BCUT2D eigenvalue weighted by molar-refractivity contribution is 0.112. The summed E-state index contributed by atoms with van der Waals surface area (Å²) < 4.78 is 16.9. The van der Waals surface area contributed by atoms with E-state index in [0.29, 0.717) is 45.8 Å². The fraction of sp³-hybridized carbons (Fsp3) is 0.125. The molecule has 0 spiro atoms. The third-order valence-corrected chi connectivity index (χ3v) is 4.90. The van der Waals surface area contributed by atoms with Gasteiger partial charge in [-0.2, -0.15) is 0 Å². The molecule has 6 nitrogen and oxygen atoms in total. The number of phenolic OH excluding ortho intramolecular Hbond substituents is 2. The third-order valence-electron chi connectivity index (χ3n) is 4.90. The summed E-state index contributed by atoms with van der Waals surface area (Å²) in [5.74, 6) is 3.73. The number of carbonyl (C=O) groups excluding carboxylic acids is 1. The SMILES string of the molecule is C#CC1COc2ccc(-c3c(OC)cc(-c4ccc(O)cc4)c(C=O)c3O)cc2O1. The van der Waals surface area contributed by atoms with Crippen molar-refractivity contribution in [1.29, 1.82) is 0 Å². The van der Waals surface area contributed by atoms with E-state index in [1.54, 1.807) is 36.4 Å². The summed E-state index contributed by atoms with van der Waals surface area (Å²) in [5.41, 5.74) is 2.15. The Kier molecular flexibility index (Phi) is 4.95. The summed E-state index contributed by atoms with van der Waals surface area (Å²) in [6.07, 6.45) is 5.51. The van der Waals surface area contributed by atoms with Gasteiger partial charge in [-0.25, -0.2) is 0 Å². The Labute approximate surface area is 173 Å². The van der Waals surface area contributed by atoms with Gasteiger partial charge < -0.3 is 24.4 Å². The van der Waals surface area contributed by atoms with Crippen molar-refractivity contribution < 1.29 is 29.2 Å². The predicted molar refractivity (Wildman–Crippen MR) is 111 cm³/mol. The molecule has 1 aliphatic heterocycles. The van der Waals surface area contributed by atoms with Gasteiger partial charge in [-0.15, -0.1) is 6.42 Å². The van der Waals surface area contributed by atoms with Crippen molar-refractivity contribution in [2.24, 2.45) is 0 Å². The average molecular weight is 402 g/mol. The fourth-order valence-electron chi connectivity index (χ4n) is 3.41. The summed E-state index contributed by atoms with van der Waals surface area (Å²) in [5, 5.41) is 20.5. The number of carbonyl (C=O) groups is 1. The maximum absolute atomic E-state index is 11.9. The Bertz CT molecular complexity index is 1160. The molecule has 2 N–H and O–H groups in total. The van der Waals surface area contributed by atoms with E-state index in [-0.39, 0.29) is 23.7 Å².